The second-order valence-electron chi connectivity index (χ2n) is 5.39. The van der Waals surface area contributed by atoms with E-state index in [1.165, 1.54) is 6.07 Å². The van der Waals surface area contributed by atoms with Crippen molar-refractivity contribution < 1.29 is 18.6 Å². The molecule has 6 heteroatoms. The van der Waals surface area contributed by atoms with Gasteiger partial charge in [-0.05, 0) is 40.8 Å². The minimum absolute atomic E-state index is 0.138. The summed E-state index contributed by atoms with van der Waals surface area (Å²) in [6.07, 6.45) is 1.30. The van der Waals surface area contributed by atoms with Crippen LogP contribution < -0.4 is 5.32 Å². The third kappa shape index (κ3) is 7.20. The van der Waals surface area contributed by atoms with Gasteiger partial charge in [-0.1, -0.05) is 13.8 Å². The largest absolute Gasteiger partial charge is 0.389 e. The highest BCUT2D eigenvalue weighted by molar-refractivity contribution is 9.10. The molecule has 0 radical (unpaired) electrons. The van der Waals surface area contributed by atoms with Crippen LogP contribution >= 0.6 is 15.9 Å². The molecule has 1 rings (SSSR count). The molecule has 120 valence electrons. The normalized spacial score (nSPS) is 12.7. The van der Waals surface area contributed by atoms with Gasteiger partial charge in [0.1, 0.15) is 11.6 Å². The lowest BCUT2D eigenvalue weighted by atomic mass is 10.1. The maximum absolute atomic E-state index is 13.5. The Morgan fingerprint density at radius 2 is 2.00 bits per heavy atom. The van der Waals surface area contributed by atoms with E-state index in [0.717, 1.165) is 18.9 Å². The summed E-state index contributed by atoms with van der Waals surface area (Å²) in [6.45, 7) is 5.22. The molecule has 0 heterocycles. The van der Waals surface area contributed by atoms with Crippen LogP contribution in [0, 0.1) is 17.6 Å². The Labute approximate surface area is 132 Å². The smallest absolute Gasteiger partial charge is 0.149 e. The average molecular weight is 366 g/mol. The topological polar surface area (TPSA) is 41.5 Å². The van der Waals surface area contributed by atoms with Gasteiger partial charge < -0.3 is 15.2 Å². The van der Waals surface area contributed by atoms with Crippen molar-refractivity contribution in [1.29, 1.82) is 0 Å². The van der Waals surface area contributed by atoms with Crippen LogP contribution in [0.3, 0.4) is 0 Å². The number of aliphatic hydroxyl groups excluding tert-OH is 1. The summed E-state index contributed by atoms with van der Waals surface area (Å²) in [5.74, 6) is -0.715. The Morgan fingerprint density at radius 3 is 2.67 bits per heavy atom. The van der Waals surface area contributed by atoms with Crippen molar-refractivity contribution >= 4 is 21.6 Å². The van der Waals surface area contributed by atoms with E-state index in [1.54, 1.807) is 0 Å². The summed E-state index contributed by atoms with van der Waals surface area (Å²) in [5, 5.41) is 12.5. The van der Waals surface area contributed by atoms with Gasteiger partial charge in [-0.3, -0.25) is 0 Å². The SMILES string of the molecule is CC(C)CCCOCC(O)CNc1cc(Br)c(F)cc1F. The minimum Gasteiger partial charge on any atom is -0.389 e. The van der Waals surface area contributed by atoms with Gasteiger partial charge in [0.15, 0.2) is 0 Å². The van der Waals surface area contributed by atoms with E-state index in [0.29, 0.717) is 12.5 Å². The fourth-order valence-electron chi connectivity index (χ4n) is 1.76. The summed E-state index contributed by atoms with van der Waals surface area (Å²) >= 11 is 2.99. The molecule has 0 aliphatic heterocycles. The number of hydrogen-bond donors (Lipinski definition) is 2. The van der Waals surface area contributed by atoms with Crippen LogP contribution in [-0.2, 0) is 4.74 Å². The van der Waals surface area contributed by atoms with Crippen LogP contribution in [0.5, 0.6) is 0 Å². The first-order chi connectivity index (χ1) is 9.90. The van der Waals surface area contributed by atoms with Crippen LogP contribution in [0.1, 0.15) is 26.7 Å². The van der Waals surface area contributed by atoms with Gasteiger partial charge in [0.2, 0.25) is 0 Å². The first-order valence-electron chi connectivity index (χ1n) is 7.04. The zero-order valence-corrected chi connectivity index (χ0v) is 13.9. The quantitative estimate of drug-likeness (QED) is 0.514. The first kappa shape index (κ1) is 18.3. The zero-order chi connectivity index (χ0) is 15.8. The van der Waals surface area contributed by atoms with Crippen LogP contribution in [0.2, 0.25) is 0 Å². The Kier molecular flexibility index (Phi) is 8.14. The summed E-state index contributed by atoms with van der Waals surface area (Å²) in [4.78, 5) is 0. The lowest BCUT2D eigenvalue weighted by Crippen LogP contribution is -2.25. The lowest BCUT2D eigenvalue weighted by molar-refractivity contribution is 0.0409. The Bertz CT molecular complexity index is 444. The van der Waals surface area contributed by atoms with Crippen molar-refractivity contribution in [3.8, 4) is 0 Å². The van der Waals surface area contributed by atoms with Crippen LogP contribution in [0.4, 0.5) is 14.5 Å². The Morgan fingerprint density at radius 1 is 1.29 bits per heavy atom. The van der Waals surface area contributed by atoms with Crippen molar-refractivity contribution in [3.05, 3.63) is 28.2 Å². The van der Waals surface area contributed by atoms with Crippen molar-refractivity contribution in [3.63, 3.8) is 0 Å². The van der Waals surface area contributed by atoms with Crippen molar-refractivity contribution in [2.24, 2.45) is 5.92 Å². The number of ether oxygens (including phenoxy) is 1. The molecule has 0 aliphatic rings. The molecule has 1 aromatic rings. The van der Waals surface area contributed by atoms with Gasteiger partial charge >= 0.3 is 0 Å². The van der Waals surface area contributed by atoms with Crippen LogP contribution in [0.15, 0.2) is 16.6 Å². The predicted octanol–water partition coefficient (Wildman–Crippen LogP) is 3.95. The molecule has 0 spiro atoms. The molecule has 21 heavy (non-hydrogen) atoms. The van der Waals surface area contributed by atoms with E-state index in [-0.39, 0.29) is 23.3 Å². The second kappa shape index (κ2) is 9.33. The van der Waals surface area contributed by atoms with Crippen LogP contribution in [-0.4, -0.2) is 31.0 Å². The summed E-state index contributed by atoms with van der Waals surface area (Å²) in [7, 11) is 0. The Balaban J connectivity index is 2.27. The van der Waals surface area contributed by atoms with E-state index in [1.807, 2.05) is 0 Å². The number of aliphatic hydroxyl groups is 1. The molecule has 1 atom stereocenters. The average Bonchev–Trinajstić information content (AvgIpc) is 2.40. The van der Waals surface area contributed by atoms with Gasteiger partial charge in [-0.2, -0.15) is 0 Å². The maximum atomic E-state index is 13.5. The molecule has 0 amide bonds. The maximum Gasteiger partial charge on any atom is 0.149 e. The van der Waals surface area contributed by atoms with E-state index < -0.39 is 17.7 Å². The molecule has 0 aliphatic carbocycles. The molecule has 0 saturated carbocycles. The molecule has 1 unspecified atom stereocenters. The van der Waals surface area contributed by atoms with Gasteiger partial charge in [0, 0.05) is 19.2 Å². The van der Waals surface area contributed by atoms with E-state index >= 15 is 0 Å². The monoisotopic (exact) mass is 365 g/mol. The molecular formula is C15H22BrF2NO2. The highest BCUT2D eigenvalue weighted by Gasteiger charge is 2.10. The fourth-order valence-corrected chi connectivity index (χ4v) is 2.10. The molecule has 0 fully saturated rings. The number of anilines is 1. The van der Waals surface area contributed by atoms with Gasteiger partial charge in [-0.25, -0.2) is 8.78 Å². The minimum atomic E-state index is -0.743. The summed E-state index contributed by atoms with van der Waals surface area (Å²) < 4.78 is 32.1. The summed E-state index contributed by atoms with van der Waals surface area (Å²) in [6, 6.07) is 2.10. The van der Waals surface area contributed by atoms with E-state index in [2.05, 4.69) is 35.1 Å². The zero-order valence-electron chi connectivity index (χ0n) is 12.3. The third-order valence-corrected chi connectivity index (χ3v) is 3.53. The highest BCUT2D eigenvalue weighted by Crippen LogP contribution is 2.23. The van der Waals surface area contributed by atoms with Gasteiger partial charge in [0.05, 0.1) is 22.9 Å². The highest BCUT2D eigenvalue weighted by atomic mass is 79.9. The third-order valence-electron chi connectivity index (χ3n) is 2.92. The van der Waals surface area contributed by atoms with Crippen molar-refractivity contribution in [2.45, 2.75) is 32.8 Å². The second-order valence-corrected chi connectivity index (χ2v) is 6.25. The van der Waals surface area contributed by atoms with E-state index in [9.17, 15) is 13.9 Å². The van der Waals surface area contributed by atoms with Crippen molar-refractivity contribution in [1.82, 2.24) is 0 Å². The van der Waals surface area contributed by atoms with Crippen molar-refractivity contribution in [2.75, 3.05) is 25.1 Å². The molecule has 1 aromatic carbocycles. The molecular weight excluding hydrogens is 344 g/mol. The lowest BCUT2D eigenvalue weighted by Gasteiger charge is -2.14. The standard InChI is InChI=1S/C15H22BrF2NO2/c1-10(2)4-3-5-21-9-11(20)8-19-15-6-12(16)13(17)7-14(15)18/h6-7,10-11,19-20H,3-5,8-9H2,1-2H3. The number of nitrogens with one attached hydrogen (secondary N) is 1. The fraction of sp³-hybridized carbons (Fsp3) is 0.600. The molecule has 0 bridgehead atoms. The van der Waals surface area contributed by atoms with Gasteiger partial charge in [-0.15, -0.1) is 0 Å². The van der Waals surface area contributed by atoms with E-state index in [4.69, 9.17) is 4.74 Å². The molecule has 3 nitrogen and oxygen atoms in total. The first-order valence-corrected chi connectivity index (χ1v) is 7.83. The predicted molar refractivity (Wildman–Crippen MR) is 83.4 cm³/mol. The molecule has 0 aromatic heterocycles. The van der Waals surface area contributed by atoms with Crippen LogP contribution in [0.25, 0.3) is 0 Å². The molecule has 2 N–H and O–H groups in total. The van der Waals surface area contributed by atoms with Gasteiger partial charge in [0.25, 0.3) is 0 Å². The number of hydrogen-bond acceptors (Lipinski definition) is 3. The molecule has 0 saturated heterocycles. The Hall–Kier alpha value is -0.720. The number of rotatable bonds is 9. The summed E-state index contributed by atoms with van der Waals surface area (Å²) in [5.41, 5.74) is 0.141. The number of halogens is 3. The number of benzene rings is 1.